The molecule has 0 saturated heterocycles. The van der Waals surface area contributed by atoms with Crippen LogP contribution >= 0.6 is 0 Å². The van der Waals surface area contributed by atoms with Gasteiger partial charge in [-0.05, 0) is 180 Å². The van der Waals surface area contributed by atoms with Crippen LogP contribution in [0.25, 0.3) is 187 Å². The predicted octanol–water partition coefficient (Wildman–Crippen LogP) is 24.4. The number of hydrogen-bond donors (Lipinski definition) is 0. The average molecular weight is 1340 g/mol. The second-order valence-electron chi connectivity index (χ2n) is 26.9. The number of alkyl halides is 3. The first-order valence-electron chi connectivity index (χ1n) is 34.6. The third kappa shape index (κ3) is 8.53. The van der Waals surface area contributed by atoms with Crippen molar-refractivity contribution in [1.82, 2.24) is 27.4 Å². The van der Waals surface area contributed by atoms with Crippen molar-refractivity contribution in [3.05, 3.63) is 338 Å². The van der Waals surface area contributed by atoms with Crippen molar-refractivity contribution in [3.63, 3.8) is 0 Å². The van der Waals surface area contributed by atoms with E-state index in [9.17, 15) is 10.5 Å². The van der Waals surface area contributed by atoms with E-state index in [1.54, 1.807) is 12.1 Å². The van der Waals surface area contributed by atoms with E-state index in [1.165, 1.54) is 12.1 Å². The van der Waals surface area contributed by atoms with Gasteiger partial charge in [-0.2, -0.15) is 23.7 Å². The molecule has 0 N–H and O–H groups in total. The van der Waals surface area contributed by atoms with Crippen LogP contribution in [0.5, 0.6) is 0 Å². The van der Waals surface area contributed by atoms with Gasteiger partial charge < -0.3 is 27.4 Å². The predicted molar refractivity (Wildman–Crippen MR) is 418 cm³/mol. The van der Waals surface area contributed by atoms with Gasteiger partial charge in [0.05, 0.1) is 101 Å². The molecule has 0 amide bonds. The van der Waals surface area contributed by atoms with Crippen LogP contribution in [0.4, 0.5) is 13.2 Å². The van der Waals surface area contributed by atoms with Crippen LogP contribution in [0.3, 0.4) is 0 Å². The second-order valence-corrected chi connectivity index (χ2v) is 26.9. The fourth-order valence-corrected chi connectivity index (χ4v) is 17.1. The monoisotopic (exact) mass is 1340 g/mol. The van der Waals surface area contributed by atoms with Gasteiger partial charge >= 0.3 is 6.18 Å². The molecule has 6 heterocycles. The minimum absolute atomic E-state index is 0.117. The largest absolute Gasteiger partial charge is 0.417 e. The molecule has 21 rings (SSSR count). The zero-order valence-electron chi connectivity index (χ0n) is 55.3. The van der Waals surface area contributed by atoms with Crippen molar-refractivity contribution in [3.8, 4) is 68.5 Å². The van der Waals surface area contributed by atoms with E-state index in [4.69, 9.17) is 0 Å². The van der Waals surface area contributed by atoms with Crippen LogP contribution in [-0.2, 0) is 6.18 Å². The summed E-state index contributed by atoms with van der Waals surface area (Å²) >= 11 is 0. The zero-order chi connectivity index (χ0) is 69.2. The third-order valence-electron chi connectivity index (χ3n) is 21.5. The van der Waals surface area contributed by atoms with E-state index in [1.807, 2.05) is 30.3 Å². The third-order valence-corrected chi connectivity index (χ3v) is 21.5. The molecule has 104 heavy (non-hydrogen) atoms. The average Bonchev–Trinajstić information content (AvgIpc) is 1.46. The summed E-state index contributed by atoms with van der Waals surface area (Å²) in [6, 6.07) is 113. The van der Waals surface area contributed by atoms with Gasteiger partial charge in [0.2, 0.25) is 0 Å². The summed E-state index contributed by atoms with van der Waals surface area (Å²) in [5, 5.41) is 34.2. The SMILES string of the molecule is N#Cc1ccc(-n2c3ccc(-n4c5ccccc5c5ccccc54)cc3c3cc(-n4c5ccccc5c5ccccc54)ccc32)c(-c2cc(-n3c4ccc(-n5c6ccccc6c6ccccc65)cc4c4cc(-n5c6ccccc6c6ccccc65)ccc43)ccc2-c2ccc(C#N)cc2C(F)(F)F)c1. The Balaban J connectivity index is 0.850. The van der Waals surface area contributed by atoms with Crippen molar-refractivity contribution in [2.45, 2.75) is 6.18 Å². The van der Waals surface area contributed by atoms with E-state index in [2.05, 4.69) is 300 Å². The normalized spacial score (nSPS) is 12.2. The Bertz CT molecular complexity index is 6840. The van der Waals surface area contributed by atoms with Crippen LogP contribution in [0.15, 0.2) is 322 Å². The molecule has 0 aliphatic rings. The fraction of sp³-hybridized carbons (Fsp3) is 0.0108. The number of para-hydroxylation sites is 8. The van der Waals surface area contributed by atoms with Crippen molar-refractivity contribution in [2.24, 2.45) is 0 Å². The van der Waals surface area contributed by atoms with Crippen LogP contribution < -0.4 is 0 Å². The van der Waals surface area contributed by atoms with Gasteiger partial charge in [-0.3, -0.25) is 0 Å². The maximum atomic E-state index is 16.1. The summed E-state index contributed by atoms with van der Waals surface area (Å²) < 4.78 is 61.9. The minimum atomic E-state index is -4.88. The summed E-state index contributed by atoms with van der Waals surface area (Å²) in [6.45, 7) is 0. The first kappa shape index (κ1) is 58.8. The highest BCUT2D eigenvalue weighted by atomic mass is 19.4. The summed E-state index contributed by atoms with van der Waals surface area (Å²) in [6.07, 6.45) is -4.88. The smallest absolute Gasteiger partial charge is 0.309 e. The first-order chi connectivity index (χ1) is 51.1. The van der Waals surface area contributed by atoms with Crippen molar-refractivity contribution >= 4 is 131 Å². The molecule has 15 aromatic carbocycles. The van der Waals surface area contributed by atoms with E-state index in [-0.39, 0.29) is 16.7 Å². The number of rotatable bonds is 8. The number of hydrogen-bond acceptors (Lipinski definition) is 2. The topological polar surface area (TPSA) is 77.2 Å². The highest BCUT2D eigenvalue weighted by molar-refractivity contribution is 6.17. The van der Waals surface area contributed by atoms with Crippen molar-refractivity contribution in [2.75, 3.05) is 0 Å². The standard InChI is InChI=1S/C93H53F3N8/c94-93(95,96)79-48-57(55-98)33-40-64(79)63-41-35-58(103-88-43-36-59(99-80-25-9-1-17-65(80)66-18-2-10-26-81(66)99)50-75(88)76-51-60(37-44-89(76)103)100-82-27-11-3-19-67(82)68-20-4-12-28-83(68)100)49-73(63)74-47-56(54-97)34-42-90(74)104-91-45-38-61(101-84-29-13-5-21-69(84)70-22-6-14-30-85(70)101)52-77(91)78-53-62(39-46-92(78)104)102-86-31-15-7-23-71(86)72-24-8-16-32-87(72)102/h1-53H. The molecule has 0 aliphatic carbocycles. The minimum Gasteiger partial charge on any atom is -0.309 e. The molecule has 0 unspecified atom stereocenters. The maximum absolute atomic E-state index is 16.1. The van der Waals surface area contributed by atoms with E-state index >= 15 is 13.2 Å². The van der Waals surface area contributed by atoms with Gasteiger partial charge in [-0.1, -0.05) is 158 Å². The lowest BCUT2D eigenvalue weighted by atomic mass is 9.89. The molecule has 0 bridgehead atoms. The lowest BCUT2D eigenvalue weighted by Gasteiger charge is -2.21. The molecule has 0 spiro atoms. The molecular weight excluding hydrogens is 1290 g/mol. The van der Waals surface area contributed by atoms with Gasteiger partial charge in [-0.25, -0.2) is 0 Å². The summed E-state index contributed by atoms with van der Waals surface area (Å²) in [4.78, 5) is 0. The number of nitrogens with zero attached hydrogens (tertiary/aromatic N) is 8. The Morgan fingerprint density at radius 2 is 0.471 bits per heavy atom. The van der Waals surface area contributed by atoms with E-state index in [0.29, 0.717) is 28.1 Å². The lowest BCUT2D eigenvalue weighted by molar-refractivity contribution is -0.137. The molecular formula is C93H53F3N8. The maximum Gasteiger partial charge on any atom is 0.417 e. The Kier molecular flexibility index (Phi) is 12.5. The van der Waals surface area contributed by atoms with Gasteiger partial charge in [0.1, 0.15) is 0 Å². The number of fused-ring (bicyclic) bond motifs is 18. The molecule has 486 valence electrons. The number of benzene rings is 15. The van der Waals surface area contributed by atoms with Crippen LogP contribution in [0.1, 0.15) is 16.7 Å². The number of halogens is 3. The Morgan fingerprint density at radius 3 is 0.788 bits per heavy atom. The zero-order valence-corrected chi connectivity index (χ0v) is 55.3. The van der Waals surface area contributed by atoms with E-state index in [0.717, 1.165) is 160 Å². The fourth-order valence-electron chi connectivity index (χ4n) is 17.1. The lowest BCUT2D eigenvalue weighted by Crippen LogP contribution is -2.08. The first-order valence-corrected chi connectivity index (χ1v) is 34.6. The van der Waals surface area contributed by atoms with E-state index < -0.39 is 11.7 Å². The molecule has 11 heteroatoms. The Morgan fingerprint density at radius 1 is 0.212 bits per heavy atom. The quantitative estimate of drug-likeness (QED) is 0.152. The Labute approximate surface area is 591 Å². The van der Waals surface area contributed by atoms with Gasteiger partial charge in [0.15, 0.2) is 0 Å². The highest BCUT2D eigenvalue weighted by Gasteiger charge is 2.36. The van der Waals surface area contributed by atoms with Crippen LogP contribution in [-0.4, -0.2) is 27.4 Å². The van der Waals surface area contributed by atoms with Crippen LogP contribution in [0, 0.1) is 22.7 Å². The Hall–Kier alpha value is -14.1. The second kappa shape index (κ2) is 22.2. The van der Waals surface area contributed by atoms with Crippen molar-refractivity contribution < 1.29 is 13.2 Å². The highest BCUT2D eigenvalue weighted by Crippen LogP contribution is 2.48. The summed E-state index contributed by atoms with van der Waals surface area (Å²) in [7, 11) is 0. The molecule has 6 aromatic heterocycles. The van der Waals surface area contributed by atoms with Gasteiger partial charge in [0, 0.05) is 98.6 Å². The molecule has 0 radical (unpaired) electrons. The summed E-state index contributed by atoms with van der Waals surface area (Å²) in [5.41, 5.74) is 17.3. The molecule has 0 saturated carbocycles. The van der Waals surface area contributed by atoms with Crippen LogP contribution in [0.2, 0.25) is 0 Å². The molecule has 0 fully saturated rings. The molecule has 0 atom stereocenters. The number of nitriles is 2. The summed E-state index contributed by atoms with van der Waals surface area (Å²) in [5.74, 6) is 0. The molecule has 0 aliphatic heterocycles. The van der Waals surface area contributed by atoms with Crippen molar-refractivity contribution in [1.29, 1.82) is 10.5 Å². The molecule has 8 nitrogen and oxygen atoms in total. The number of aromatic nitrogens is 6. The van der Waals surface area contributed by atoms with Gasteiger partial charge in [-0.15, -0.1) is 0 Å². The van der Waals surface area contributed by atoms with Gasteiger partial charge in [0.25, 0.3) is 0 Å². The molecule has 21 aromatic rings.